The van der Waals surface area contributed by atoms with Gasteiger partial charge in [0.25, 0.3) is 5.91 Å². The summed E-state index contributed by atoms with van der Waals surface area (Å²) < 4.78 is 5.73. The Morgan fingerprint density at radius 2 is 2.16 bits per heavy atom. The van der Waals surface area contributed by atoms with E-state index in [2.05, 4.69) is 5.32 Å². The molecule has 0 bridgehead atoms. The number of rotatable bonds is 4. The van der Waals surface area contributed by atoms with Crippen LogP contribution in [0.5, 0.6) is 5.75 Å². The van der Waals surface area contributed by atoms with Crippen molar-refractivity contribution in [3.05, 3.63) is 29.3 Å². The van der Waals surface area contributed by atoms with E-state index in [1.54, 1.807) is 6.92 Å². The molecule has 1 aromatic rings. The van der Waals surface area contributed by atoms with Crippen LogP contribution in [0.2, 0.25) is 0 Å². The van der Waals surface area contributed by atoms with E-state index in [0.29, 0.717) is 24.6 Å². The Labute approximate surface area is 112 Å². The third-order valence-corrected chi connectivity index (χ3v) is 3.63. The minimum absolute atomic E-state index is 0.0792. The van der Waals surface area contributed by atoms with Gasteiger partial charge in [-0.1, -0.05) is 12.1 Å². The molecule has 2 aliphatic carbocycles. The Morgan fingerprint density at radius 1 is 1.37 bits per heavy atom. The average Bonchev–Trinajstić information content (AvgIpc) is 3.13. The van der Waals surface area contributed by atoms with Crippen molar-refractivity contribution in [1.29, 1.82) is 0 Å². The third kappa shape index (κ3) is 2.48. The molecular weight excluding hydrogens is 242 g/mol. The lowest BCUT2D eigenvalue weighted by molar-refractivity contribution is -0.127. The summed E-state index contributed by atoms with van der Waals surface area (Å²) in [5, 5.41) is 2.92. The topological polar surface area (TPSA) is 55.4 Å². The molecule has 3 rings (SSSR count). The number of carbonyl (C=O) groups is 2. The summed E-state index contributed by atoms with van der Waals surface area (Å²) in [5.74, 6) is 0.752. The summed E-state index contributed by atoms with van der Waals surface area (Å²) in [4.78, 5) is 23.5. The van der Waals surface area contributed by atoms with Crippen LogP contribution in [0.4, 0.5) is 0 Å². The molecule has 1 unspecified atom stereocenters. The molecule has 1 N–H and O–H groups in total. The molecule has 4 nitrogen and oxygen atoms in total. The lowest BCUT2D eigenvalue weighted by Crippen LogP contribution is -2.37. The number of hydrogen-bond donors (Lipinski definition) is 1. The molecule has 0 radical (unpaired) electrons. The number of nitrogens with one attached hydrogen (secondary N) is 1. The molecule has 1 atom stereocenters. The predicted molar refractivity (Wildman–Crippen MR) is 70.3 cm³/mol. The van der Waals surface area contributed by atoms with Gasteiger partial charge in [0.15, 0.2) is 11.9 Å². The normalized spacial score (nSPS) is 18.9. The lowest BCUT2D eigenvalue weighted by Gasteiger charge is -2.16. The van der Waals surface area contributed by atoms with E-state index in [-0.39, 0.29) is 11.7 Å². The number of amides is 1. The van der Waals surface area contributed by atoms with Crippen molar-refractivity contribution in [2.45, 2.75) is 44.8 Å². The summed E-state index contributed by atoms with van der Waals surface area (Å²) in [5.41, 5.74) is 1.69. The first-order valence-electron chi connectivity index (χ1n) is 6.77. The van der Waals surface area contributed by atoms with Crippen molar-refractivity contribution in [3.8, 4) is 5.75 Å². The first-order chi connectivity index (χ1) is 9.15. The Kier molecular flexibility index (Phi) is 3.01. The van der Waals surface area contributed by atoms with E-state index < -0.39 is 6.10 Å². The van der Waals surface area contributed by atoms with Crippen molar-refractivity contribution in [2.75, 3.05) is 0 Å². The molecule has 4 heteroatoms. The second kappa shape index (κ2) is 4.68. The van der Waals surface area contributed by atoms with E-state index in [1.807, 2.05) is 18.2 Å². The van der Waals surface area contributed by atoms with E-state index in [9.17, 15) is 9.59 Å². The van der Waals surface area contributed by atoms with Crippen molar-refractivity contribution in [1.82, 2.24) is 5.32 Å². The van der Waals surface area contributed by atoms with E-state index in [0.717, 1.165) is 24.0 Å². The van der Waals surface area contributed by atoms with Gasteiger partial charge < -0.3 is 10.1 Å². The number of Topliss-reactive ketones (excluding diaryl/α,β-unsaturated/α-hetero) is 1. The van der Waals surface area contributed by atoms with Crippen molar-refractivity contribution in [3.63, 3.8) is 0 Å². The Morgan fingerprint density at radius 3 is 2.89 bits per heavy atom. The van der Waals surface area contributed by atoms with Gasteiger partial charge in [0, 0.05) is 23.6 Å². The minimum Gasteiger partial charge on any atom is -0.481 e. The molecule has 0 aromatic heterocycles. The van der Waals surface area contributed by atoms with Crippen LogP contribution in [0.25, 0.3) is 0 Å². The fourth-order valence-corrected chi connectivity index (χ4v) is 2.36. The highest BCUT2D eigenvalue weighted by molar-refractivity contribution is 6.01. The fraction of sp³-hybridized carbons (Fsp3) is 0.467. The van der Waals surface area contributed by atoms with Crippen LogP contribution in [-0.4, -0.2) is 23.8 Å². The Bertz CT molecular complexity index is 534. The number of hydrogen-bond acceptors (Lipinski definition) is 3. The van der Waals surface area contributed by atoms with Gasteiger partial charge in [-0.15, -0.1) is 0 Å². The third-order valence-electron chi connectivity index (χ3n) is 3.63. The molecule has 1 aromatic carbocycles. The quantitative estimate of drug-likeness (QED) is 0.898. The SMILES string of the molecule is CC(Oc1cccc2c1CCC2=O)C(=O)NC1CC1. The van der Waals surface area contributed by atoms with Gasteiger partial charge in [-0.25, -0.2) is 0 Å². The Hall–Kier alpha value is -1.84. The molecule has 2 aliphatic rings. The standard InChI is InChI=1S/C15H17NO3/c1-9(15(18)16-10-5-6-10)19-14-4-2-3-11-12(14)7-8-13(11)17/h2-4,9-10H,5-8H2,1H3,(H,16,18). The van der Waals surface area contributed by atoms with Gasteiger partial charge in [-0.05, 0) is 32.3 Å². The maximum atomic E-state index is 11.9. The number of ether oxygens (including phenoxy) is 1. The maximum absolute atomic E-state index is 11.9. The first-order valence-corrected chi connectivity index (χ1v) is 6.77. The number of carbonyl (C=O) groups excluding carboxylic acids is 2. The second-order valence-electron chi connectivity index (χ2n) is 5.25. The van der Waals surface area contributed by atoms with Crippen molar-refractivity contribution in [2.24, 2.45) is 0 Å². The summed E-state index contributed by atoms with van der Waals surface area (Å²) in [6, 6.07) is 5.80. The zero-order chi connectivity index (χ0) is 13.4. The summed E-state index contributed by atoms with van der Waals surface area (Å²) >= 11 is 0. The van der Waals surface area contributed by atoms with E-state index in [4.69, 9.17) is 4.74 Å². The molecule has 0 aliphatic heterocycles. The minimum atomic E-state index is -0.525. The zero-order valence-electron chi connectivity index (χ0n) is 10.9. The van der Waals surface area contributed by atoms with Gasteiger partial charge >= 0.3 is 0 Å². The van der Waals surface area contributed by atoms with Crippen LogP contribution < -0.4 is 10.1 Å². The van der Waals surface area contributed by atoms with Crippen LogP contribution in [0.15, 0.2) is 18.2 Å². The number of fused-ring (bicyclic) bond motifs is 1. The van der Waals surface area contributed by atoms with Crippen molar-refractivity contribution >= 4 is 11.7 Å². The molecule has 1 saturated carbocycles. The monoisotopic (exact) mass is 259 g/mol. The van der Waals surface area contributed by atoms with Crippen LogP contribution in [0, 0.1) is 0 Å². The molecule has 1 fully saturated rings. The largest absolute Gasteiger partial charge is 0.481 e. The highest BCUT2D eigenvalue weighted by atomic mass is 16.5. The molecule has 19 heavy (non-hydrogen) atoms. The van der Waals surface area contributed by atoms with Crippen LogP contribution in [0.3, 0.4) is 0 Å². The molecule has 100 valence electrons. The molecule has 0 heterocycles. The van der Waals surface area contributed by atoms with E-state index >= 15 is 0 Å². The summed E-state index contributed by atoms with van der Waals surface area (Å²) in [7, 11) is 0. The summed E-state index contributed by atoms with van der Waals surface area (Å²) in [6.07, 6.45) is 2.85. The average molecular weight is 259 g/mol. The van der Waals surface area contributed by atoms with E-state index in [1.165, 1.54) is 0 Å². The first kappa shape index (κ1) is 12.2. The number of ketones is 1. The lowest BCUT2D eigenvalue weighted by atomic mass is 10.1. The molecule has 0 spiro atoms. The van der Waals surface area contributed by atoms with Gasteiger partial charge in [0.05, 0.1) is 0 Å². The van der Waals surface area contributed by atoms with Crippen LogP contribution in [0.1, 0.15) is 42.1 Å². The fourth-order valence-electron chi connectivity index (χ4n) is 2.36. The number of benzene rings is 1. The van der Waals surface area contributed by atoms with Crippen molar-refractivity contribution < 1.29 is 14.3 Å². The zero-order valence-corrected chi connectivity index (χ0v) is 10.9. The molecule has 0 saturated heterocycles. The molecule has 1 amide bonds. The Balaban J connectivity index is 1.72. The highest BCUT2D eigenvalue weighted by Gasteiger charge is 2.28. The predicted octanol–water partition coefficient (Wildman–Crippen LogP) is 1.86. The maximum Gasteiger partial charge on any atom is 0.260 e. The smallest absolute Gasteiger partial charge is 0.260 e. The van der Waals surface area contributed by atoms with Gasteiger partial charge in [-0.3, -0.25) is 9.59 Å². The van der Waals surface area contributed by atoms with Gasteiger partial charge in [0.1, 0.15) is 5.75 Å². The highest BCUT2D eigenvalue weighted by Crippen LogP contribution is 2.31. The van der Waals surface area contributed by atoms with Crippen LogP contribution in [-0.2, 0) is 11.2 Å². The molecular formula is C15H17NO3. The van der Waals surface area contributed by atoms with Gasteiger partial charge in [-0.2, -0.15) is 0 Å². The van der Waals surface area contributed by atoms with Gasteiger partial charge in [0.2, 0.25) is 0 Å². The van der Waals surface area contributed by atoms with Crippen LogP contribution >= 0.6 is 0 Å². The summed E-state index contributed by atoms with van der Waals surface area (Å²) in [6.45, 7) is 1.74. The second-order valence-corrected chi connectivity index (χ2v) is 5.25.